The highest BCUT2D eigenvalue weighted by Crippen LogP contribution is 2.26. The van der Waals surface area contributed by atoms with Crippen molar-refractivity contribution >= 4 is 0 Å². The van der Waals surface area contributed by atoms with Gasteiger partial charge in [-0.25, -0.2) is 0 Å². The van der Waals surface area contributed by atoms with E-state index in [-0.39, 0.29) is 1.43 Å². The van der Waals surface area contributed by atoms with E-state index in [0.29, 0.717) is 6.04 Å². The number of likely N-dealkylation sites (tertiary alicyclic amines) is 1. The zero-order chi connectivity index (χ0) is 17.2. The third kappa shape index (κ3) is 9.69. The van der Waals surface area contributed by atoms with Gasteiger partial charge in [-0.15, -0.1) is 0 Å². The van der Waals surface area contributed by atoms with E-state index in [1.165, 1.54) is 71.1 Å². The molecule has 1 saturated heterocycles. The van der Waals surface area contributed by atoms with Crippen molar-refractivity contribution in [3.8, 4) is 0 Å². The summed E-state index contributed by atoms with van der Waals surface area (Å²) in [6, 6.07) is 1.19. The highest BCUT2D eigenvalue weighted by Gasteiger charge is 2.24. The van der Waals surface area contributed by atoms with E-state index >= 15 is 0 Å². The molecule has 0 bridgehead atoms. The zero-order valence-corrected chi connectivity index (χ0v) is 16.6. The highest BCUT2D eigenvalue weighted by atomic mass is 15.2. The molecule has 2 fully saturated rings. The van der Waals surface area contributed by atoms with E-state index in [2.05, 4.69) is 30.7 Å². The average molecular weight is 328 g/mol. The standard InChI is InChI=1S/C17H34N2.C3H9N.H2/c1-15(2)13-19-11-9-17(10-12-19)18(3)14-16-7-5-4-6-8-16;1-3(2)4;/h15-17H,4-14H2,1-3H3;3H,4H2,1-2H3;1H. The van der Waals surface area contributed by atoms with Gasteiger partial charge in [0.25, 0.3) is 0 Å². The molecule has 0 atom stereocenters. The second kappa shape index (κ2) is 11.4. The van der Waals surface area contributed by atoms with Crippen molar-refractivity contribution in [3.63, 3.8) is 0 Å². The van der Waals surface area contributed by atoms with Crippen LogP contribution in [-0.2, 0) is 0 Å². The van der Waals surface area contributed by atoms with E-state index in [1.807, 2.05) is 13.8 Å². The number of hydrogen-bond donors (Lipinski definition) is 1. The summed E-state index contributed by atoms with van der Waals surface area (Å²) in [7, 11) is 2.37. The van der Waals surface area contributed by atoms with E-state index in [4.69, 9.17) is 5.73 Å². The number of rotatable bonds is 5. The maximum Gasteiger partial charge on any atom is 0.0117 e. The summed E-state index contributed by atoms with van der Waals surface area (Å²) >= 11 is 0. The van der Waals surface area contributed by atoms with E-state index in [9.17, 15) is 0 Å². The van der Waals surface area contributed by atoms with Gasteiger partial charge in [-0.2, -0.15) is 0 Å². The minimum atomic E-state index is 0. The number of hydrogen-bond acceptors (Lipinski definition) is 3. The monoisotopic (exact) mass is 327 g/mol. The lowest BCUT2D eigenvalue weighted by molar-refractivity contribution is 0.102. The van der Waals surface area contributed by atoms with Gasteiger partial charge >= 0.3 is 0 Å². The Balaban J connectivity index is 0.000000954. The lowest BCUT2D eigenvalue weighted by Gasteiger charge is -2.39. The summed E-state index contributed by atoms with van der Waals surface area (Å²) in [5, 5.41) is 0. The molecule has 0 aromatic rings. The Hall–Kier alpha value is -0.120. The Morgan fingerprint density at radius 1 is 1.00 bits per heavy atom. The second-order valence-corrected chi connectivity index (χ2v) is 8.61. The topological polar surface area (TPSA) is 32.5 Å². The van der Waals surface area contributed by atoms with Crippen LogP contribution in [0.15, 0.2) is 0 Å². The number of nitrogens with two attached hydrogens (primary N) is 1. The van der Waals surface area contributed by atoms with Crippen molar-refractivity contribution in [2.45, 2.75) is 84.7 Å². The maximum atomic E-state index is 5.11. The summed E-state index contributed by atoms with van der Waals surface area (Å²) < 4.78 is 0. The fourth-order valence-corrected chi connectivity index (χ4v) is 3.99. The first-order valence-electron chi connectivity index (χ1n) is 10.1. The van der Waals surface area contributed by atoms with Crippen LogP contribution in [-0.4, -0.2) is 55.1 Å². The fraction of sp³-hybridized carbons (Fsp3) is 1.00. The van der Waals surface area contributed by atoms with Gasteiger partial charge in [0.15, 0.2) is 0 Å². The van der Waals surface area contributed by atoms with Gasteiger partial charge < -0.3 is 15.5 Å². The Morgan fingerprint density at radius 2 is 1.52 bits per heavy atom. The molecule has 0 spiro atoms. The number of piperidine rings is 1. The maximum absolute atomic E-state index is 5.11. The van der Waals surface area contributed by atoms with Gasteiger partial charge in [-0.1, -0.05) is 47.0 Å². The van der Waals surface area contributed by atoms with Crippen LogP contribution in [0.2, 0.25) is 0 Å². The van der Waals surface area contributed by atoms with E-state index < -0.39 is 0 Å². The molecule has 3 heteroatoms. The minimum Gasteiger partial charge on any atom is -0.328 e. The molecule has 2 N–H and O–H groups in total. The van der Waals surface area contributed by atoms with Gasteiger partial charge in [-0.05, 0) is 63.7 Å². The predicted molar refractivity (Wildman–Crippen MR) is 105 cm³/mol. The van der Waals surface area contributed by atoms with Crippen molar-refractivity contribution in [1.82, 2.24) is 9.80 Å². The fourth-order valence-electron chi connectivity index (χ4n) is 3.99. The van der Waals surface area contributed by atoms with Crippen molar-refractivity contribution in [2.75, 3.05) is 33.2 Å². The second-order valence-electron chi connectivity index (χ2n) is 8.61. The van der Waals surface area contributed by atoms with Crippen LogP contribution in [0.3, 0.4) is 0 Å². The van der Waals surface area contributed by atoms with Gasteiger partial charge in [-0.3, -0.25) is 0 Å². The smallest absolute Gasteiger partial charge is 0.0117 e. The summed E-state index contributed by atoms with van der Waals surface area (Å²) in [5.74, 6) is 1.81. The van der Waals surface area contributed by atoms with Gasteiger partial charge in [0.05, 0.1) is 0 Å². The van der Waals surface area contributed by atoms with Crippen molar-refractivity contribution < 1.29 is 1.43 Å². The third-order valence-corrected chi connectivity index (χ3v) is 5.07. The van der Waals surface area contributed by atoms with Gasteiger partial charge in [0.2, 0.25) is 0 Å². The molecular weight excluding hydrogens is 282 g/mol. The van der Waals surface area contributed by atoms with Gasteiger partial charge in [0.1, 0.15) is 0 Å². The molecule has 2 aliphatic rings. The summed E-state index contributed by atoms with van der Waals surface area (Å²) in [5.41, 5.74) is 5.11. The Labute approximate surface area is 147 Å². The summed E-state index contributed by atoms with van der Waals surface area (Å²) in [6.07, 6.45) is 10.2. The number of nitrogens with zero attached hydrogens (tertiary/aromatic N) is 2. The van der Waals surface area contributed by atoms with E-state index in [1.54, 1.807) is 0 Å². The lowest BCUT2D eigenvalue weighted by Crippen LogP contribution is -2.45. The third-order valence-electron chi connectivity index (χ3n) is 5.07. The Bertz CT molecular complexity index is 280. The molecule has 0 radical (unpaired) electrons. The first kappa shape index (κ1) is 20.9. The normalized spacial score (nSPS) is 21.8. The zero-order valence-electron chi connectivity index (χ0n) is 16.6. The van der Waals surface area contributed by atoms with Crippen LogP contribution in [0.4, 0.5) is 0 Å². The Kier molecular flexibility index (Phi) is 10.4. The minimum absolute atomic E-state index is 0. The van der Waals surface area contributed by atoms with Crippen molar-refractivity contribution in [3.05, 3.63) is 0 Å². The molecule has 0 aromatic heterocycles. The molecule has 1 aliphatic heterocycles. The van der Waals surface area contributed by atoms with E-state index in [0.717, 1.165) is 17.9 Å². The Morgan fingerprint density at radius 3 is 2.00 bits per heavy atom. The summed E-state index contributed by atoms with van der Waals surface area (Å²) in [4.78, 5) is 5.35. The average Bonchev–Trinajstić information content (AvgIpc) is 2.48. The first-order chi connectivity index (χ1) is 10.9. The lowest BCUT2D eigenvalue weighted by atomic mass is 9.88. The molecule has 1 heterocycles. The molecule has 23 heavy (non-hydrogen) atoms. The molecule has 0 aromatic carbocycles. The first-order valence-corrected chi connectivity index (χ1v) is 10.1. The van der Waals surface area contributed by atoms with Gasteiger partial charge in [0, 0.05) is 20.6 Å². The molecular formula is C20H45N3. The van der Waals surface area contributed by atoms with Crippen LogP contribution in [0.5, 0.6) is 0 Å². The molecule has 0 unspecified atom stereocenters. The van der Waals surface area contributed by atoms with Crippen LogP contribution >= 0.6 is 0 Å². The van der Waals surface area contributed by atoms with Crippen molar-refractivity contribution in [1.29, 1.82) is 0 Å². The molecule has 0 amide bonds. The largest absolute Gasteiger partial charge is 0.328 e. The molecule has 2 rings (SSSR count). The SMILES string of the molecule is CC(C)CN1CCC(N(C)CC2CCCCC2)CC1.CC(C)N.[HH]. The quantitative estimate of drug-likeness (QED) is 0.820. The van der Waals surface area contributed by atoms with Crippen LogP contribution in [0.1, 0.15) is 74.1 Å². The molecule has 1 aliphatic carbocycles. The van der Waals surface area contributed by atoms with Crippen LogP contribution in [0, 0.1) is 11.8 Å². The van der Waals surface area contributed by atoms with Crippen molar-refractivity contribution in [2.24, 2.45) is 17.6 Å². The molecule has 1 saturated carbocycles. The molecule has 3 nitrogen and oxygen atoms in total. The predicted octanol–water partition coefficient (Wildman–Crippen LogP) is 4.22. The van der Waals surface area contributed by atoms with Crippen LogP contribution in [0.25, 0.3) is 0 Å². The molecule has 140 valence electrons. The highest BCUT2D eigenvalue weighted by molar-refractivity contribution is 4.80. The van der Waals surface area contributed by atoms with Crippen LogP contribution < -0.4 is 5.73 Å². The summed E-state index contributed by atoms with van der Waals surface area (Å²) in [6.45, 7) is 13.8.